The average Bonchev–Trinajstić information content (AvgIpc) is 3.14. The summed E-state index contributed by atoms with van der Waals surface area (Å²) in [5.41, 5.74) is 2.23. The second kappa shape index (κ2) is 5.98. The van der Waals surface area contributed by atoms with Gasteiger partial charge in [-0.15, -0.1) is 0 Å². The van der Waals surface area contributed by atoms with Gasteiger partial charge in [0.15, 0.2) is 0 Å². The van der Waals surface area contributed by atoms with Gasteiger partial charge in [-0.05, 0) is 69.8 Å². The first-order chi connectivity index (χ1) is 10.1. The molecule has 0 aromatic carbocycles. The lowest BCUT2D eigenvalue weighted by Crippen LogP contribution is -2.34. The van der Waals surface area contributed by atoms with E-state index in [4.69, 9.17) is 0 Å². The van der Waals surface area contributed by atoms with E-state index >= 15 is 0 Å². The average molecular weight is 287 g/mol. The summed E-state index contributed by atoms with van der Waals surface area (Å²) in [4.78, 5) is 14.2. The molecule has 0 saturated heterocycles. The van der Waals surface area contributed by atoms with Crippen molar-refractivity contribution in [3.63, 3.8) is 0 Å². The van der Waals surface area contributed by atoms with Crippen LogP contribution in [0.3, 0.4) is 0 Å². The molecule has 1 fully saturated rings. The number of rotatable bonds is 6. The topological polar surface area (TPSA) is 20.3 Å². The van der Waals surface area contributed by atoms with Crippen LogP contribution in [0.2, 0.25) is 0 Å². The van der Waals surface area contributed by atoms with E-state index in [0.717, 1.165) is 36.3 Å². The highest BCUT2D eigenvalue weighted by atomic mass is 16.2. The molecule has 2 bridgehead atoms. The van der Waals surface area contributed by atoms with E-state index in [1.54, 1.807) is 0 Å². The number of carbonyl (C=O) groups is 1. The van der Waals surface area contributed by atoms with Crippen LogP contribution in [0.4, 0.5) is 0 Å². The second-order valence-corrected chi connectivity index (χ2v) is 7.37. The fraction of sp³-hybridized carbons (Fsp3) is 0.737. The highest BCUT2D eigenvalue weighted by molar-refractivity contribution is 5.96. The highest BCUT2D eigenvalue weighted by Crippen LogP contribution is 2.45. The first kappa shape index (κ1) is 14.9. The van der Waals surface area contributed by atoms with E-state index in [1.807, 2.05) is 6.92 Å². The lowest BCUT2D eigenvalue weighted by Gasteiger charge is -2.23. The summed E-state index contributed by atoms with van der Waals surface area (Å²) >= 11 is 0. The first-order valence-electron chi connectivity index (χ1n) is 8.74. The minimum absolute atomic E-state index is 0.262. The van der Waals surface area contributed by atoms with E-state index in [-0.39, 0.29) is 5.91 Å². The molecule has 4 unspecified atom stereocenters. The van der Waals surface area contributed by atoms with Crippen LogP contribution in [0.15, 0.2) is 23.3 Å². The van der Waals surface area contributed by atoms with E-state index in [1.165, 1.54) is 37.7 Å². The molecule has 0 radical (unpaired) electrons. The second-order valence-electron chi connectivity index (χ2n) is 7.37. The van der Waals surface area contributed by atoms with Crippen LogP contribution in [0.25, 0.3) is 0 Å². The zero-order valence-corrected chi connectivity index (χ0v) is 13.8. The van der Waals surface area contributed by atoms with E-state index < -0.39 is 0 Å². The monoisotopic (exact) mass is 287 g/mol. The Hall–Kier alpha value is -1.05. The van der Waals surface area contributed by atoms with Crippen molar-refractivity contribution in [1.82, 2.24) is 4.90 Å². The quantitative estimate of drug-likeness (QED) is 0.526. The van der Waals surface area contributed by atoms with Crippen molar-refractivity contribution < 1.29 is 4.79 Å². The summed E-state index contributed by atoms with van der Waals surface area (Å²) in [6.45, 7) is 7.16. The molecule has 1 aliphatic heterocycles. The molecule has 3 aliphatic rings. The van der Waals surface area contributed by atoms with Crippen molar-refractivity contribution in [2.75, 3.05) is 6.54 Å². The van der Waals surface area contributed by atoms with Crippen LogP contribution in [0.1, 0.15) is 59.3 Å². The van der Waals surface area contributed by atoms with Gasteiger partial charge < -0.3 is 4.90 Å². The Kier molecular flexibility index (Phi) is 4.24. The largest absolute Gasteiger partial charge is 0.332 e. The van der Waals surface area contributed by atoms with Crippen LogP contribution < -0.4 is 0 Å². The van der Waals surface area contributed by atoms with Gasteiger partial charge in [0.05, 0.1) is 6.04 Å². The third-order valence-electron chi connectivity index (χ3n) is 6.16. The van der Waals surface area contributed by atoms with Crippen LogP contribution >= 0.6 is 0 Å². The Bertz CT molecular complexity index is 476. The van der Waals surface area contributed by atoms with Gasteiger partial charge in [-0.25, -0.2) is 0 Å². The summed E-state index contributed by atoms with van der Waals surface area (Å²) in [6, 6.07) is 0.313. The summed E-state index contributed by atoms with van der Waals surface area (Å²) in [6.07, 6.45) is 12.9. The summed E-state index contributed by atoms with van der Waals surface area (Å²) in [5, 5.41) is 0. The highest BCUT2D eigenvalue weighted by Gasteiger charge is 2.35. The van der Waals surface area contributed by atoms with E-state index in [0.29, 0.717) is 6.04 Å². The Morgan fingerprint density at radius 1 is 1.14 bits per heavy atom. The van der Waals surface area contributed by atoms with Crippen LogP contribution in [-0.4, -0.2) is 23.4 Å². The van der Waals surface area contributed by atoms with Gasteiger partial charge in [-0.1, -0.05) is 25.0 Å². The molecule has 2 aliphatic carbocycles. The Labute approximate surface area is 129 Å². The number of carbonyl (C=O) groups excluding carboxylic acids is 1. The third kappa shape index (κ3) is 2.82. The van der Waals surface area contributed by atoms with Gasteiger partial charge in [0.1, 0.15) is 0 Å². The smallest absolute Gasteiger partial charge is 0.250 e. The molecule has 0 spiro atoms. The zero-order valence-electron chi connectivity index (χ0n) is 13.8. The number of hydrogen-bond acceptors (Lipinski definition) is 1. The Morgan fingerprint density at radius 3 is 2.52 bits per heavy atom. The number of allylic oxidation sites excluding steroid dienone is 2. The van der Waals surface area contributed by atoms with Crippen LogP contribution in [0, 0.1) is 17.8 Å². The SMILES string of the molecule is CC1=C(C)C(C)N(CCCCCC2CC3C=CC2C3)C1=O. The molecule has 116 valence electrons. The molecule has 2 heteroatoms. The maximum absolute atomic E-state index is 12.1. The van der Waals surface area contributed by atoms with Crippen LogP contribution in [0.5, 0.6) is 0 Å². The summed E-state index contributed by atoms with van der Waals surface area (Å²) in [7, 11) is 0. The molecule has 4 atom stereocenters. The molecule has 1 amide bonds. The molecular formula is C19H29NO. The van der Waals surface area contributed by atoms with Gasteiger partial charge in [0, 0.05) is 12.1 Å². The summed E-state index contributed by atoms with van der Waals surface area (Å²) < 4.78 is 0. The molecule has 0 aromatic heterocycles. The minimum Gasteiger partial charge on any atom is -0.332 e. The maximum atomic E-state index is 12.1. The van der Waals surface area contributed by atoms with Crippen molar-refractivity contribution >= 4 is 5.91 Å². The Morgan fingerprint density at radius 2 is 1.95 bits per heavy atom. The van der Waals surface area contributed by atoms with E-state index in [2.05, 4.69) is 30.9 Å². The van der Waals surface area contributed by atoms with Gasteiger partial charge >= 0.3 is 0 Å². The standard InChI is InChI=1S/C19H29NO/c1-13-14(2)19(21)20(15(13)3)10-6-4-5-7-17-11-16-8-9-18(17)12-16/h8-9,15-18H,4-7,10-12H2,1-3H3. The summed E-state index contributed by atoms with van der Waals surface area (Å²) in [5.74, 6) is 3.02. The molecule has 3 rings (SSSR count). The van der Waals surface area contributed by atoms with Gasteiger partial charge in [-0.3, -0.25) is 4.79 Å². The van der Waals surface area contributed by atoms with Crippen LogP contribution in [-0.2, 0) is 4.79 Å². The molecule has 1 saturated carbocycles. The molecule has 1 heterocycles. The van der Waals surface area contributed by atoms with Gasteiger partial charge in [-0.2, -0.15) is 0 Å². The van der Waals surface area contributed by atoms with Crippen molar-refractivity contribution in [1.29, 1.82) is 0 Å². The third-order valence-corrected chi connectivity index (χ3v) is 6.16. The van der Waals surface area contributed by atoms with Gasteiger partial charge in [0.2, 0.25) is 5.91 Å². The zero-order chi connectivity index (χ0) is 15.0. The van der Waals surface area contributed by atoms with E-state index in [9.17, 15) is 4.79 Å². The van der Waals surface area contributed by atoms with Crippen molar-refractivity contribution in [2.24, 2.45) is 17.8 Å². The molecular weight excluding hydrogens is 258 g/mol. The lowest BCUT2D eigenvalue weighted by atomic mass is 9.89. The Balaban J connectivity index is 1.34. The van der Waals surface area contributed by atoms with Crippen molar-refractivity contribution in [2.45, 2.75) is 65.3 Å². The fourth-order valence-electron chi connectivity index (χ4n) is 4.49. The van der Waals surface area contributed by atoms with Crippen molar-refractivity contribution in [3.8, 4) is 0 Å². The number of amides is 1. The fourth-order valence-corrected chi connectivity index (χ4v) is 4.49. The van der Waals surface area contributed by atoms with Gasteiger partial charge in [0.25, 0.3) is 0 Å². The molecule has 2 nitrogen and oxygen atoms in total. The number of unbranched alkanes of at least 4 members (excludes halogenated alkanes) is 2. The number of nitrogens with zero attached hydrogens (tertiary/aromatic N) is 1. The maximum Gasteiger partial charge on any atom is 0.250 e. The molecule has 21 heavy (non-hydrogen) atoms. The predicted octanol–water partition coefficient (Wildman–Crippen LogP) is 4.33. The number of fused-ring (bicyclic) bond motifs is 2. The normalized spacial score (nSPS) is 34.6. The predicted molar refractivity (Wildman–Crippen MR) is 86.9 cm³/mol. The molecule has 0 aromatic rings. The minimum atomic E-state index is 0.262. The first-order valence-corrected chi connectivity index (χ1v) is 8.74. The lowest BCUT2D eigenvalue weighted by molar-refractivity contribution is -0.126. The number of hydrogen-bond donors (Lipinski definition) is 0. The molecule has 0 N–H and O–H groups in total. The van der Waals surface area contributed by atoms with Crippen molar-refractivity contribution in [3.05, 3.63) is 23.3 Å².